The highest BCUT2D eigenvalue weighted by atomic mass is 32.2. The third-order valence-corrected chi connectivity index (χ3v) is 3.11. The van der Waals surface area contributed by atoms with Crippen LogP contribution in [0.5, 0.6) is 0 Å². The second kappa shape index (κ2) is 5.02. The van der Waals surface area contributed by atoms with Gasteiger partial charge in [-0.1, -0.05) is 41.6 Å². The molecule has 0 fully saturated rings. The van der Waals surface area contributed by atoms with Crippen LogP contribution < -0.4 is 0 Å². The highest BCUT2D eigenvalue weighted by Gasteiger charge is 2.09. The Morgan fingerprint density at radius 3 is 2.71 bits per heavy atom. The first-order chi connectivity index (χ1) is 8.19. The Morgan fingerprint density at radius 2 is 2.06 bits per heavy atom. The van der Waals surface area contributed by atoms with Crippen molar-refractivity contribution in [3.8, 4) is 17.5 Å². The molecular formula is C12H12N4S. The van der Waals surface area contributed by atoms with Gasteiger partial charge in [-0.3, -0.25) is 5.10 Å². The minimum absolute atomic E-state index is 0.142. The van der Waals surface area contributed by atoms with E-state index < -0.39 is 0 Å². The molecule has 1 atom stereocenters. The standard InChI is InChI=1S/C12H12N4S/c1-8-3-5-10(6-4-8)11-14-12(16-15-11)17-9(2)7-13/h3-6,9H,1-2H3,(H,14,15,16)/t9-/m1/s1. The summed E-state index contributed by atoms with van der Waals surface area (Å²) in [4.78, 5) is 4.34. The van der Waals surface area contributed by atoms with Crippen LogP contribution in [-0.4, -0.2) is 20.4 Å². The molecule has 0 unspecified atom stereocenters. The molecule has 1 aromatic carbocycles. The second-order valence-corrected chi connectivity index (χ2v) is 5.03. The number of nitrogens with zero attached hydrogens (tertiary/aromatic N) is 3. The van der Waals surface area contributed by atoms with Crippen LogP contribution in [0, 0.1) is 18.3 Å². The van der Waals surface area contributed by atoms with Crippen molar-refractivity contribution >= 4 is 11.8 Å². The van der Waals surface area contributed by atoms with Crippen LogP contribution >= 0.6 is 11.8 Å². The number of aryl methyl sites for hydroxylation is 1. The van der Waals surface area contributed by atoms with E-state index >= 15 is 0 Å². The Bertz CT molecular complexity index is 538. The normalized spacial score (nSPS) is 12.1. The lowest BCUT2D eigenvalue weighted by Crippen LogP contribution is -1.90. The summed E-state index contributed by atoms with van der Waals surface area (Å²) >= 11 is 1.35. The second-order valence-electron chi connectivity index (χ2n) is 3.72. The quantitative estimate of drug-likeness (QED) is 0.843. The minimum Gasteiger partial charge on any atom is -0.258 e. The SMILES string of the molecule is Cc1ccc(-c2nc(S[C@H](C)C#N)n[nH]2)cc1. The van der Waals surface area contributed by atoms with Crippen molar-refractivity contribution in [2.45, 2.75) is 24.3 Å². The average Bonchev–Trinajstić information content (AvgIpc) is 2.78. The van der Waals surface area contributed by atoms with Gasteiger partial charge in [-0.2, -0.15) is 5.26 Å². The summed E-state index contributed by atoms with van der Waals surface area (Å²) in [5.74, 6) is 0.734. The largest absolute Gasteiger partial charge is 0.258 e. The van der Waals surface area contributed by atoms with Crippen molar-refractivity contribution in [2.24, 2.45) is 0 Å². The minimum atomic E-state index is -0.142. The molecule has 0 bridgehead atoms. The topological polar surface area (TPSA) is 65.4 Å². The predicted octanol–water partition coefficient (Wildman–Crippen LogP) is 2.78. The van der Waals surface area contributed by atoms with E-state index in [1.54, 1.807) is 0 Å². The van der Waals surface area contributed by atoms with Gasteiger partial charge in [0, 0.05) is 5.56 Å². The molecule has 2 aromatic rings. The van der Waals surface area contributed by atoms with E-state index in [4.69, 9.17) is 5.26 Å². The van der Waals surface area contributed by atoms with Crippen molar-refractivity contribution in [3.63, 3.8) is 0 Å². The predicted molar refractivity (Wildman–Crippen MR) is 67.5 cm³/mol. The number of H-pyrrole nitrogens is 1. The number of aromatic amines is 1. The molecule has 0 spiro atoms. The van der Waals surface area contributed by atoms with Crippen molar-refractivity contribution in [3.05, 3.63) is 29.8 Å². The molecule has 4 nitrogen and oxygen atoms in total. The molecule has 17 heavy (non-hydrogen) atoms. The maximum atomic E-state index is 8.71. The number of rotatable bonds is 3. The average molecular weight is 244 g/mol. The van der Waals surface area contributed by atoms with Crippen LogP contribution in [0.2, 0.25) is 0 Å². The lowest BCUT2D eigenvalue weighted by Gasteiger charge is -1.96. The van der Waals surface area contributed by atoms with Gasteiger partial charge >= 0.3 is 0 Å². The number of benzene rings is 1. The van der Waals surface area contributed by atoms with Gasteiger partial charge in [0.25, 0.3) is 0 Å². The molecule has 0 aliphatic carbocycles. The Kier molecular flexibility index (Phi) is 3.45. The fourth-order valence-electron chi connectivity index (χ4n) is 1.32. The van der Waals surface area contributed by atoms with Crippen molar-refractivity contribution in [1.29, 1.82) is 5.26 Å². The van der Waals surface area contributed by atoms with Gasteiger partial charge in [-0.05, 0) is 13.8 Å². The van der Waals surface area contributed by atoms with Gasteiger partial charge < -0.3 is 0 Å². The number of hydrogen-bond donors (Lipinski definition) is 1. The number of aromatic nitrogens is 3. The molecule has 2 rings (SSSR count). The number of thioether (sulfide) groups is 1. The maximum Gasteiger partial charge on any atom is 0.210 e. The van der Waals surface area contributed by atoms with Crippen molar-refractivity contribution in [2.75, 3.05) is 0 Å². The Morgan fingerprint density at radius 1 is 1.35 bits per heavy atom. The van der Waals surface area contributed by atoms with Crippen LogP contribution in [0.4, 0.5) is 0 Å². The van der Waals surface area contributed by atoms with E-state index in [1.165, 1.54) is 17.3 Å². The summed E-state index contributed by atoms with van der Waals surface area (Å²) in [5.41, 5.74) is 2.21. The molecule has 0 aliphatic heterocycles. The molecule has 0 aliphatic rings. The van der Waals surface area contributed by atoms with Crippen molar-refractivity contribution < 1.29 is 0 Å². The Balaban J connectivity index is 2.18. The molecule has 0 amide bonds. The summed E-state index contributed by atoms with van der Waals surface area (Å²) in [5, 5.41) is 16.1. The zero-order chi connectivity index (χ0) is 12.3. The smallest absolute Gasteiger partial charge is 0.210 e. The molecule has 0 saturated heterocycles. The van der Waals surface area contributed by atoms with Crippen LogP contribution in [-0.2, 0) is 0 Å². The highest BCUT2D eigenvalue weighted by Crippen LogP contribution is 2.22. The lowest BCUT2D eigenvalue weighted by molar-refractivity contribution is 0.969. The van der Waals surface area contributed by atoms with Crippen LogP contribution in [0.15, 0.2) is 29.4 Å². The Labute approximate surface area is 104 Å². The van der Waals surface area contributed by atoms with E-state index in [9.17, 15) is 0 Å². The van der Waals surface area contributed by atoms with Crippen LogP contribution in [0.1, 0.15) is 12.5 Å². The van der Waals surface area contributed by atoms with Crippen LogP contribution in [0.3, 0.4) is 0 Å². The first-order valence-electron chi connectivity index (χ1n) is 5.25. The van der Waals surface area contributed by atoms with E-state index in [-0.39, 0.29) is 5.25 Å². The van der Waals surface area contributed by atoms with Gasteiger partial charge in [-0.25, -0.2) is 4.98 Å². The van der Waals surface area contributed by atoms with Gasteiger partial charge in [0.1, 0.15) is 0 Å². The molecule has 5 heteroatoms. The molecule has 0 saturated carbocycles. The van der Waals surface area contributed by atoms with Gasteiger partial charge in [0.15, 0.2) is 5.82 Å². The first kappa shape index (κ1) is 11.7. The van der Waals surface area contributed by atoms with Gasteiger partial charge in [-0.15, -0.1) is 5.10 Å². The van der Waals surface area contributed by atoms with E-state index in [0.29, 0.717) is 5.16 Å². The molecule has 86 valence electrons. The zero-order valence-corrected chi connectivity index (χ0v) is 10.5. The van der Waals surface area contributed by atoms with E-state index in [1.807, 2.05) is 38.1 Å². The fourth-order valence-corrected chi connectivity index (χ4v) is 1.94. The molecule has 1 heterocycles. The fraction of sp³-hybridized carbons (Fsp3) is 0.250. The summed E-state index contributed by atoms with van der Waals surface area (Å²) in [6, 6.07) is 10.2. The van der Waals surface area contributed by atoms with Crippen molar-refractivity contribution in [1.82, 2.24) is 15.2 Å². The number of hydrogen-bond acceptors (Lipinski definition) is 4. The summed E-state index contributed by atoms with van der Waals surface area (Å²) in [6.07, 6.45) is 0. The molecule has 0 radical (unpaired) electrons. The third-order valence-electron chi connectivity index (χ3n) is 2.25. The van der Waals surface area contributed by atoms with Crippen LogP contribution in [0.25, 0.3) is 11.4 Å². The molecule has 1 N–H and O–H groups in total. The summed E-state index contributed by atoms with van der Waals surface area (Å²) in [6.45, 7) is 3.87. The van der Waals surface area contributed by atoms with E-state index in [0.717, 1.165) is 11.4 Å². The highest BCUT2D eigenvalue weighted by molar-refractivity contribution is 8.00. The third kappa shape index (κ3) is 2.86. The summed E-state index contributed by atoms with van der Waals surface area (Å²) < 4.78 is 0. The summed E-state index contributed by atoms with van der Waals surface area (Å²) in [7, 11) is 0. The molecular weight excluding hydrogens is 232 g/mol. The van der Waals surface area contributed by atoms with E-state index in [2.05, 4.69) is 21.3 Å². The molecule has 1 aromatic heterocycles. The monoisotopic (exact) mass is 244 g/mol. The maximum absolute atomic E-state index is 8.71. The number of nitrogens with one attached hydrogen (secondary N) is 1. The van der Waals surface area contributed by atoms with Gasteiger partial charge in [0.2, 0.25) is 5.16 Å². The van der Waals surface area contributed by atoms with Gasteiger partial charge in [0.05, 0.1) is 11.3 Å². The first-order valence-corrected chi connectivity index (χ1v) is 6.12. The lowest BCUT2D eigenvalue weighted by atomic mass is 10.1. The number of nitriles is 1. The Hall–Kier alpha value is -1.80. The zero-order valence-electron chi connectivity index (χ0n) is 9.64.